The highest BCUT2D eigenvalue weighted by molar-refractivity contribution is 14.1. The molecule has 1 aliphatic heterocycles. The molecule has 3 aromatic carbocycles. The predicted octanol–water partition coefficient (Wildman–Crippen LogP) is 7.19. The van der Waals surface area contributed by atoms with Gasteiger partial charge in [0.05, 0.1) is 45.2 Å². The van der Waals surface area contributed by atoms with Crippen molar-refractivity contribution in [2.75, 3.05) is 13.7 Å². The third-order valence-electron chi connectivity index (χ3n) is 7.04. The van der Waals surface area contributed by atoms with Gasteiger partial charge in [0, 0.05) is 20.6 Å². The molecule has 0 amide bonds. The fourth-order valence-corrected chi connectivity index (χ4v) is 7.99. The number of hydrogen-bond acceptors (Lipinski definition) is 8. The van der Waals surface area contributed by atoms with E-state index in [-0.39, 0.29) is 30.5 Å². The Morgan fingerprint density at radius 2 is 1.93 bits per heavy atom. The fourth-order valence-electron chi connectivity index (χ4n) is 5.06. The van der Waals surface area contributed by atoms with Gasteiger partial charge in [-0.25, -0.2) is 9.79 Å². The van der Waals surface area contributed by atoms with Crippen LogP contribution in [-0.4, -0.2) is 30.4 Å². The molecule has 2 heterocycles. The molecule has 1 atom stereocenters. The van der Waals surface area contributed by atoms with E-state index in [0.717, 1.165) is 13.6 Å². The molecule has 240 valence electrons. The van der Waals surface area contributed by atoms with Crippen LogP contribution in [0.25, 0.3) is 6.08 Å². The molecule has 1 aromatic heterocycles. The van der Waals surface area contributed by atoms with Gasteiger partial charge in [-0.15, -0.1) is 0 Å². The summed E-state index contributed by atoms with van der Waals surface area (Å²) in [6.07, 6.45) is 1.72. The average Bonchev–Trinajstić information content (AvgIpc) is 3.30. The van der Waals surface area contributed by atoms with Crippen molar-refractivity contribution < 1.29 is 23.7 Å². The number of allylic oxidation sites excluding steroid dienone is 1. The summed E-state index contributed by atoms with van der Waals surface area (Å²) in [6, 6.07) is 15.9. The van der Waals surface area contributed by atoms with Gasteiger partial charge in [0.2, 0.25) is 0 Å². The summed E-state index contributed by atoms with van der Waals surface area (Å²) < 4.78 is 26.9. The first kappa shape index (κ1) is 34.2. The number of nitrogens with zero attached hydrogens (tertiary/aromatic N) is 2. The summed E-state index contributed by atoms with van der Waals surface area (Å²) >= 11 is 13.4. The zero-order valence-electron chi connectivity index (χ0n) is 25.7. The Morgan fingerprint density at radius 1 is 1.17 bits per heavy atom. The first-order chi connectivity index (χ1) is 22.0. The highest BCUT2D eigenvalue weighted by Crippen LogP contribution is 2.37. The molecule has 0 aliphatic carbocycles. The van der Waals surface area contributed by atoms with Gasteiger partial charge in [-0.1, -0.05) is 63.1 Å². The smallest absolute Gasteiger partial charge is 0.338 e. The largest absolute Gasteiger partial charge is 0.493 e. The van der Waals surface area contributed by atoms with Crippen LogP contribution >= 0.6 is 61.5 Å². The number of halogens is 3. The van der Waals surface area contributed by atoms with Crippen LogP contribution in [0.4, 0.5) is 0 Å². The number of fused-ring (bicyclic) bond motifs is 1. The number of aromatic nitrogens is 1. The molecule has 0 saturated carbocycles. The lowest BCUT2D eigenvalue weighted by Crippen LogP contribution is -2.40. The molecular formula is C34H31BrClIN2O6S. The van der Waals surface area contributed by atoms with Crippen LogP contribution in [0.5, 0.6) is 17.2 Å². The van der Waals surface area contributed by atoms with Crippen LogP contribution in [0.2, 0.25) is 5.02 Å². The van der Waals surface area contributed by atoms with Gasteiger partial charge in [0.1, 0.15) is 12.4 Å². The van der Waals surface area contributed by atoms with E-state index in [2.05, 4.69) is 38.5 Å². The van der Waals surface area contributed by atoms with Crippen molar-refractivity contribution in [3.05, 3.63) is 115 Å². The molecule has 0 spiro atoms. The average molecular weight is 838 g/mol. The Labute approximate surface area is 297 Å². The van der Waals surface area contributed by atoms with Crippen LogP contribution in [0.15, 0.2) is 80.1 Å². The number of carbonyl (C=O) groups is 1. The Hall–Kier alpha value is -3.13. The number of thiazole rings is 1. The van der Waals surface area contributed by atoms with Crippen molar-refractivity contribution >= 4 is 73.5 Å². The van der Waals surface area contributed by atoms with E-state index in [1.54, 1.807) is 43.7 Å². The minimum Gasteiger partial charge on any atom is -0.493 e. The first-order valence-corrected chi connectivity index (χ1v) is 17.5. The molecule has 0 bridgehead atoms. The quantitative estimate of drug-likeness (QED) is 0.124. The highest BCUT2D eigenvalue weighted by atomic mass is 127. The second-order valence-corrected chi connectivity index (χ2v) is 14.1. The number of rotatable bonds is 10. The van der Waals surface area contributed by atoms with Crippen molar-refractivity contribution in [1.29, 1.82) is 0 Å². The van der Waals surface area contributed by atoms with E-state index in [0.29, 0.717) is 48.4 Å². The fraction of sp³-hybridized carbons (Fsp3) is 0.265. The lowest BCUT2D eigenvalue weighted by molar-refractivity contribution is -0.139. The molecule has 0 fully saturated rings. The molecule has 4 aromatic rings. The molecule has 5 rings (SSSR count). The lowest BCUT2D eigenvalue weighted by atomic mass is 9.95. The van der Waals surface area contributed by atoms with E-state index in [4.69, 9.17) is 35.5 Å². The molecule has 0 radical (unpaired) electrons. The van der Waals surface area contributed by atoms with Gasteiger partial charge in [0.25, 0.3) is 5.56 Å². The van der Waals surface area contributed by atoms with E-state index in [1.165, 1.54) is 11.3 Å². The normalized spacial score (nSPS) is 14.6. The third kappa shape index (κ3) is 7.22. The summed E-state index contributed by atoms with van der Waals surface area (Å²) in [6.45, 7) is 7.77. The Morgan fingerprint density at radius 3 is 2.63 bits per heavy atom. The van der Waals surface area contributed by atoms with Crippen molar-refractivity contribution in [2.45, 2.75) is 46.4 Å². The number of methoxy groups -OCH3 is 1. The van der Waals surface area contributed by atoms with Gasteiger partial charge in [0.15, 0.2) is 16.3 Å². The SMILES string of the molecule is CCOC(=O)C1=C(C)N=c2s/c(=C/c3cc(Br)cc(I)c3OCc3ccccc3Cl)c(=O)n2[C@@H]1c1ccc(OC(C)C)c(OC)c1. The standard InChI is InChI=1S/C34H31BrClIN2O6S/c1-6-43-33(41)29-19(4)38-34-39(30(29)20-11-12-26(45-18(2)3)27(14-20)42-5)32(40)28(46-34)15-22-13-23(35)16-25(37)31(22)44-17-21-9-7-8-10-24(21)36/h7-16,18,30H,6,17H2,1-5H3/b28-15+/t30-/m1/s1. The van der Waals surface area contributed by atoms with Crippen LogP contribution in [0.1, 0.15) is 50.4 Å². The summed E-state index contributed by atoms with van der Waals surface area (Å²) in [7, 11) is 1.55. The van der Waals surface area contributed by atoms with Crippen LogP contribution in [0.3, 0.4) is 0 Å². The van der Waals surface area contributed by atoms with Gasteiger partial charge < -0.3 is 18.9 Å². The topological polar surface area (TPSA) is 88.4 Å². The van der Waals surface area contributed by atoms with Gasteiger partial charge in [-0.05, 0) is 92.3 Å². The van der Waals surface area contributed by atoms with Crippen molar-refractivity contribution in [3.63, 3.8) is 0 Å². The van der Waals surface area contributed by atoms with Gasteiger partial charge in [-0.3, -0.25) is 9.36 Å². The molecule has 1 aliphatic rings. The minimum atomic E-state index is -0.807. The maximum absolute atomic E-state index is 14.3. The number of hydrogen-bond donors (Lipinski definition) is 0. The van der Waals surface area contributed by atoms with Crippen LogP contribution < -0.4 is 29.1 Å². The molecule has 0 saturated heterocycles. The highest BCUT2D eigenvalue weighted by Gasteiger charge is 2.34. The molecule has 46 heavy (non-hydrogen) atoms. The molecule has 0 unspecified atom stereocenters. The molecule has 0 N–H and O–H groups in total. The molecule has 12 heteroatoms. The number of ether oxygens (including phenoxy) is 4. The number of esters is 1. The van der Waals surface area contributed by atoms with Crippen molar-refractivity contribution in [1.82, 2.24) is 4.57 Å². The lowest BCUT2D eigenvalue weighted by Gasteiger charge is -2.25. The second-order valence-electron chi connectivity index (χ2n) is 10.6. The Kier molecular flexibility index (Phi) is 11.0. The van der Waals surface area contributed by atoms with Crippen LogP contribution in [-0.2, 0) is 16.1 Å². The van der Waals surface area contributed by atoms with Crippen molar-refractivity contribution in [3.8, 4) is 17.2 Å². The Bertz CT molecular complexity index is 2020. The van der Waals surface area contributed by atoms with E-state index in [1.807, 2.05) is 56.3 Å². The summed E-state index contributed by atoms with van der Waals surface area (Å²) in [4.78, 5) is 32.8. The maximum atomic E-state index is 14.3. The Balaban J connectivity index is 1.67. The van der Waals surface area contributed by atoms with E-state index >= 15 is 0 Å². The maximum Gasteiger partial charge on any atom is 0.338 e. The summed E-state index contributed by atoms with van der Waals surface area (Å²) in [5.74, 6) is 1.11. The zero-order valence-corrected chi connectivity index (χ0v) is 31.0. The summed E-state index contributed by atoms with van der Waals surface area (Å²) in [5, 5.41) is 0.609. The number of benzene rings is 3. The van der Waals surface area contributed by atoms with E-state index < -0.39 is 12.0 Å². The first-order valence-electron chi connectivity index (χ1n) is 14.4. The van der Waals surface area contributed by atoms with Crippen molar-refractivity contribution in [2.24, 2.45) is 4.99 Å². The molecule has 8 nitrogen and oxygen atoms in total. The molecular weight excluding hydrogens is 807 g/mol. The summed E-state index contributed by atoms with van der Waals surface area (Å²) in [5.41, 5.74) is 2.64. The minimum absolute atomic E-state index is 0.0747. The van der Waals surface area contributed by atoms with Crippen LogP contribution in [0, 0.1) is 3.57 Å². The zero-order chi connectivity index (χ0) is 33.1. The van der Waals surface area contributed by atoms with E-state index in [9.17, 15) is 9.59 Å². The second kappa shape index (κ2) is 14.7. The number of carbonyl (C=O) groups excluding carboxylic acids is 1. The third-order valence-corrected chi connectivity index (χ3v) is 9.65. The monoisotopic (exact) mass is 836 g/mol. The van der Waals surface area contributed by atoms with Gasteiger partial charge in [-0.2, -0.15) is 0 Å². The van der Waals surface area contributed by atoms with Gasteiger partial charge >= 0.3 is 5.97 Å². The predicted molar refractivity (Wildman–Crippen MR) is 192 cm³/mol.